The van der Waals surface area contributed by atoms with Crippen molar-refractivity contribution in [3.05, 3.63) is 29.8 Å². The highest BCUT2D eigenvalue weighted by Gasteiger charge is 2.10. The highest BCUT2D eigenvalue weighted by Crippen LogP contribution is 2.15. The molecular formula is C13H20N4O. The van der Waals surface area contributed by atoms with Crippen molar-refractivity contribution in [2.45, 2.75) is 6.42 Å². The average molecular weight is 248 g/mol. The molecule has 4 N–H and O–H groups in total. The molecule has 18 heavy (non-hydrogen) atoms. The molecule has 1 aliphatic heterocycles. The molecule has 0 unspecified atom stereocenters. The quantitative estimate of drug-likeness (QED) is 0.731. The van der Waals surface area contributed by atoms with Crippen molar-refractivity contribution in [2.24, 2.45) is 5.73 Å². The third kappa shape index (κ3) is 3.72. The fourth-order valence-electron chi connectivity index (χ4n) is 2.21. The number of amides is 2. The Hall–Kier alpha value is -1.59. The van der Waals surface area contributed by atoms with E-state index in [4.69, 9.17) is 5.73 Å². The molecule has 2 rings (SSSR count). The van der Waals surface area contributed by atoms with E-state index in [9.17, 15) is 4.79 Å². The normalized spacial score (nSPS) is 16.4. The third-order valence-electron chi connectivity index (χ3n) is 3.18. The van der Waals surface area contributed by atoms with E-state index in [1.165, 1.54) is 0 Å². The molecule has 1 fully saturated rings. The first-order valence-electron chi connectivity index (χ1n) is 6.33. The Labute approximate surface area is 107 Å². The topological polar surface area (TPSA) is 70.4 Å². The predicted molar refractivity (Wildman–Crippen MR) is 72.7 cm³/mol. The molecule has 0 aromatic heterocycles. The van der Waals surface area contributed by atoms with Crippen LogP contribution in [0, 0.1) is 0 Å². The summed E-state index contributed by atoms with van der Waals surface area (Å²) in [6.07, 6.45) is 0.927. The third-order valence-corrected chi connectivity index (χ3v) is 3.18. The number of nitrogens with two attached hydrogens (primary N) is 1. The number of anilines is 1. The predicted octanol–water partition coefficient (Wildman–Crippen LogP) is 0.625. The van der Waals surface area contributed by atoms with Gasteiger partial charge in [0.25, 0.3) is 0 Å². The van der Waals surface area contributed by atoms with Crippen LogP contribution in [0.3, 0.4) is 0 Å². The number of hydrogen-bond donors (Lipinski definition) is 3. The standard InChI is InChI=1S/C13H20N4O/c14-13(18)16-12-4-2-1-3-11(12)5-8-17-9-6-15-7-10-17/h1-4,15H,5-10H2,(H3,14,16,18). The summed E-state index contributed by atoms with van der Waals surface area (Å²) in [5.41, 5.74) is 7.12. The fourth-order valence-corrected chi connectivity index (χ4v) is 2.21. The van der Waals surface area contributed by atoms with Gasteiger partial charge in [-0.2, -0.15) is 0 Å². The van der Waals surface area contributed by atoms with Gasteiger partial charge in [0, 0.05) is 38.4 Å². The lowest BCUT2D eigenvalue weighted by atomic mass is 10.1. The van der Waals surface area contributed by atoms with Crippen LogP contribution in [0.1, 0.15) is 5.56 Å². The van der Waals surface area contributed by atoms with E-state index in [0.717, 1.165) is 50.4 Å². The average Bonchev–Trinajstić information content (AvgIpc) is 2.38. The van der Waals surface area contributed by atoms with Crippen LogP contribution < -0.4 is 16.4 Å². The van der Waals surface area contributed by atoms with Gasteiger partial charge < -0.3 is 21.3 Å². The van der Waals surface area contributed by atoms with Crippen LogP contribution in [0.25, 0.3) is 0 Å². The molecule has 1 heterocycles. The minimum atomic E-state index is -0.510. The van der Waals surface area contributed by atoms with Crippen LogP contribution >= 0.6 is 0 Å². The molecular weight excluding hydrogens is 228 g/mol. The van der Waals surface area contributed by atoms with Gasteiger partial charge in [0.05, 0.1) is 0 Å². The van der Waals surface area contributed by atoms with Gasteiger partial charge in [0.15, 0.2) is 0 Å². The summed E-state index contributed by atoms with van der Waals surface area (Å²) in [6.45, 7) is 5.30. The van der Waals surface area contributed by atoms with Crippen molar-refractivity contribution in [3.8, 4) is 0 Å². The number of carbonyl (C=O) groups excluding carboxylic acids is 1. The summed E-state index contributed by atoms with van der Waals surface area (Å²) in [5, 5.41) is 6.00. The van der Waals surface area contributed by atoms with E-state index in [-0.39, 0.29) is 0 Å². The lowest BCUT2D eigenvalue weighted by molar-refractivity contribution is 0.244. The Morgan fingerprint density at radius 3 is 2.78 bits per heavy atom. The molecule has 98 valence electrons. The monoisotopic (exact) mass is 248 g/mol. The van der Waals surface area contributed by atoms with Crippen LogP contribution in [0.5, 0.6) is 0 Å². The maximum absolute atomic E-state index is 10.9. The molecule has 1 aromatic rings. The van der Waals surface area contributed by atoms with E-state index in [1.807, 2.05) is 24.3 Å². The molecule has 5 nitrogen and oxygen atoms in total. The lowest BCUT2D eigenvalue weighted by Gasteiger charge is -2.27. The summed E-state index contributed by atoms with van der Waals surface area (Å²) in [6, 6.07) is 7.30. The van der Waals surface area contributed by atoms with Crippen molar-refractivity contribution in [2.75, 3.05) is 38.0 Å². The molecule has 0 atom stereocenters. The van der Waals surface area contributed by atoms with Gasteiger partial charge in [-0.15, -0.1) is 0 Å². The number of benzene rings is 1. The van der Waals surface area contributed by atoms with E-state index in [1.54, 1.807) is 0 Å². The smallest absolute Gasteiger partial charge is 0.316 e. The van der Waals surface area contributed by atoms with Gasteiger partial charge in [-0.1, -0.05) is 18.2 Å². The number of piperazine rings is 1. The molecule has 1 aliphatic rings. The number of nitrogens with zero attached hydrogens (tertiary/aromatic N) is 1. The highest BCUT2D eigenvalue weighted by molar-refractivity contribution is 5.88. The number of hydrogen-bond acceptors (Lipinski definition) is 3. The van der Waals surface area contributed by atoms with Crippen molar-refractivity contribution >= 4 is 11.7 Å². The number of para-hydroxylation sites is 1. The van der Waals surface area contributed by atoms with E-state index in [2.05, 4.69) is 15.5 Å². The second-order valence-electron chi connectivity index (χ2n) is 4.49. The van der Waals surface area contributed by atoms with Gasteiger partial charge in [0.2, 0.25) is 0 Å². The minimum absolute atomic E-state index is 0.510. The number of nitrogens with one attached hydrogen (secondary N) is 2. The molecule has 5 heteroatoms. The molecule has 0 spiro atoms. The Bertz CT molecular complexity index is 402. The van der Waals surface area contributed by atoms with Crippen LogP contribution in [-0.2, 0) is 6.42 Å². The molecule has 1 aromatic carbocycles. The molecule has 1 saturated heterocycles. The number of urea groups is 1. The maximum Gasteiger partial charge on any atom is 0.316 e. The van der Waals surface area contributed by atoms with Crippen LogP contribution in [0.15, 0.2) is 24.3 Å². The second-order valence-corrected chi connectivity index (χ2v) is 4.49. The zero-order valence-corrected chi connectivity index (χ0v) is 10.5. The van der Waals surface area contributed by atoms with Crippen molar-refractivity contribution in [3.63, 3.8) is 0 Å². The SMILES string of the molecule is NC(=O)Nc1ccccc1CCN1CCNCC1. The molecule has 0 radical (unpaired) electrons. The summed E-state index contributed by atoms with van der Waals surface area (Å²) < 4.78 is 0. The molecule has 0 saturated carbocycles. The first-order valence-corrected chi connectivity index (χ1v) is 6.33. The first kappa shape index (κ1) is 12.9. The van der Waals surface area contributed by atoms with Crippen LogP contribution in [0.2, 0.25) is 0 Å². The number of rotatable bonds is 4. The molecule has 0 aliphatic carbocycles. The summed E-state index contributed by atoms with van der Waals surface area (Å²) >= 11 is 0. The largest absolute Gasteiger partial charge is 0.351 e. The Kier molecular flexibility index (Phi) is 4.55. The zero-order valence-electron chi connectivity index (χ0n) is 10.5. The van der Waals surface area contributed by atoms with Crippen molar-refractivity contribution in [1.29, 1.82) is 0 Å². The molecule has 2 amide bonds. The van der Waals surface area contributed by atoms with Gasteiger partial charge in [-0.25, -0.2) is 4.79 Å². The van der Waals surface area contributed by atoms with Gasteiger partial charge in [-0.05, 0) is 18.1 Å². The first-order chi connectivity index (χ1) is 8.75. The summed E-state index contributed by atoms with van der Waals surface area (Å²) in [7, 11) is 0. The van der Waals surface area contributed by atoms with Crippen LogP contribution in [-0.4, -0.2) is 43.7 Å². The number of primary amides is 1. The Balaban J connectivity index is 1.93. The van der Waals surface area contributed by atoms with Crippen LogP contribution in [0.4, 0.5) is 10.5 Å². The Morgan fingerprint density at radius 2 is 2.06 bits per heavy atom. The van der Waals surface area contributed by atoms with Gasteiger partial charge in [0.1, 0.15) is 0 Å². The highest BCUT2D eigenvalue weighted by atomic mass is 16.2. The van der Waals surface area contributed by atoms with Crippen molar-refractivity contribution in [1.82, 2.24) is 10.2 Å². The van der Waals surface area contributed by atoms with E-state index >= 15 is 0 Å². The lowest BCUT2D eigenvalue weighted by Crippen LogP contribution is -2.44. The maximum atomic E-state index is 10.9. The number of carbonyl (C=O) groups is 1. The zero-order chi connectivity index (χ0) is 12.8. The van der Waals surface area contributed by atoms with E-state index < -0.39 is 6.03 Å². The fraction of sp³-hybridized carbons (Fsp3) is 0.462. The minimum Gasteiger partial charge on any atom is -0.351 e. The summed E-state index contributed by atoms with van der Waals surface area (Å²) in [5.74, 6) is 0. The van der Waals surface area contributed by atoms with Gasteiger partial charge in [-0.3, -0.25) is 0 Å². The Morgan fingerprint density at radius 1 is 1.33 bits per heavy atom. The summed E-state index contributed by atoms with van der Waals surface area (Å²) in [4.78, 5) is 13.3. The van der Waals surface area contributed by atoms with Gasteiger partial charge >= 0.3 is 6.03 Å². The van der Waals surface area contributed by atoms with E-state index in [0.29, 0.717) is 0 Å². The second kappa shape index (κ2) is 6.37. The van der Waals surface area contributed by atoms with Crippen molar-refractivity contribution < 1.29 is 4.79 Å². The molecule has 0 bridgehead atoms.